The summed E-state index contributed by atoms with van der Waals surface area (Å²) in [4.78, 5) is 0. The molecule has 0 heteroatoms. The van der Waals surface area contributed by atoms with Gasteiger partial charge in [-0.2, -0.15) is 0 Å². The molecule has 0 saturated carbocycles. The molecule has 0 aliphatic heterocycles. The zero-order valence-electron chi connectivity index (χ0n) is 8.59. The molecule has 0 radical (unpaired) electrons. The van der Waals surface area contributed by atoms with Crippen molar-refractivity contribution in [1.82, 2.24) is 0 Å². The van der Waals surface area contributed by atoms with E-state index in [1.165, 1.54) is 11.1 Å². The summed E-state index contributed by atoms with van der Waals surface area (Å²) in [5.41, 5.74) is 2.94. The predicted octanol–water partition coefficient (Wildman–Crippen LogP) is 3.76. The molecule has 0 aliphatic rings. The van der Waals surface area contributed by atoms with Gasteiger partial charge in [-0.05, 0) is 30.4 Å². The summed E-state index contributed by atoms with van der Waals surface area (Å²) >= 11 is 0. The third-order valence-corrected chi connectivity index (χ3v) is 2.24. The first kappa shape index (κ1) is 10.0. The Labute approximate surface area is 81.3 Å². The van der Waals surface area contributed by atoms with Crippen molar-refractivity contribution in [1.29, 1.82) is 0 Å². The van der Waals surface area contributed by atoms with Gasteiger partial charge in [0.15, 0.2) is 0 Å². The zero-order chi connectivity index (χ0) is 9.52. The van der Waals surface area contributed by atoms with Crippen molar-refractivity contribution in [2.24, 2.45) is 0 Å². The summed E-state index contributed by atoms with van der Waals surface area (Å²) in [6.07, 6.45) is 7.84. The summed E-state index contributed by atoms with van der Waals surface area (Å²) < 4.78 is 0. The van der Waals surface area contributed by atoms with Crippen LogP contribution in [0.1, 0.15) is 31.4 Å². The molecule has 0 atom stereocenters. The average molecular weight is 174 g/mol. The highest BCUT2D eigenvalue weighted by atomic mass is 14.0. The standard InChI is InChI=1S/C13H18/c1-3-5-6-10-13-11-8-7-9-12(13)4-2/h5-9,11H,3-4,10H2,1-2H3/b6-5+. The summed E-state index contributed by atoms with van der Waals surface area (Å²) in [6.45, 7) is 4.38. The van der Waals surface area contributed by atoms with Gasteiger partial charge in [-0.15, -0.1) is 0 Å². The molecule has 0 N–H and O–H groups in total. The quantitative estimate of drug-likeness (QED) is 0.610. The molecule has 0 nitrogen and oxygen atoms in total. The minimum Gasteiger partial charge on any atom is -0.0885 e. The molecule has 0 spiro atoms. The monoisotopic (exact) mass is 174 g/mol. The Balaban J connectivity index is 2.69. The Hall–Kier alpha value is -1.04. The Morgan fingerprint density at radius 1 is 1.00 bits per heavy atom. The Morgan fingerprint density at radius 2 is 1.69 bits per heavy atom. The van der Waals surface area contributed by atoms with Crippen molar-refractivity contribution in [2.45, 2.75) is 33.1 Å². The number of allylic oxidation sites excluding steroid dienone is 2. The van der Waals surface area contributed by atoms with E-state index in [-0.39, 0.29) is 0 Å². The Bertz CT molecular complexity index is 271. The molecule has 0 fully saturated rings. The van der Waals surface area contributed by atoms with Crippen LogP contribution in [0.25, 0.3) is 0 Å². The SMILES string of the molecule is CC/C=C/Cc1ccccc1CC. The van der Waals surface area contributed by atoms with Gasteiger partial charge in [0, 0.05) is 0 Å². The van der Waals surface area contributed by atoms with Gasteiger partial charge in [-0.3, -0.25) is 0 Å². The van der Waals surface area contributed by atoms with E-state index in [1.54, 1.807) is 0 Å². The van der Waals surface area contributed by atoms with Crippen LogP contribution < -0.4 is 0 Å². The van der Waals surface area contributed by atoms with Gasteiger partial charge in [0.25, 0.3) is 0 Å². The number of aryl methyl sites for hydroxylation is 1. The largest absolute Gasteiger partial charge is 0.0885 e. The zero-order valence-corrected chi connectivity index (χ0v) is 8.59. The molecule has 13 heavy (non-hydrogen) atoms. The fourth-order valence-electron chi connectivity index (χ4n) is 1.48. The third-order valence-electron chi connectivity index (χ3n) is 2.24. The summed E-state index contributed by atoms with van der Waals surface area (Å²) in [7, 11) is 0. The number of hydrogen-bond donors (Lipinski definition) is 0. The maximum atomic E-state index is 2.26. The highest BCUT2D eigenvalue weighted by molar-refractivity contribution is 5.28. The van der Waals surface area contributed by atoms with E-state index in [2.05, 4.69) is 50.3 Å². The van der Waals surface area contributed by atoms with E-state index in [4.69, 9.17) is 0 Å². The predicted molar refractivity (Wildman–Crippen MR) is 59.0 cm³/mol. The van der Waals surface area contributed by atoms with E-state index in [0.29, 0.717) is 0 Å². The third kappa shape index (κ3) is 3.06. The van der Waals surface area contributed by atoms with Crippen LogP contribution in [0.4, 0.5) is 0 Å². The van der Waals surface area contributed by atoms with E-state index in [9.17, 15) is 0 Å². The smallest absolute Gasteiger partial charge is 0.00947 e. The second kappa shape index (κ2) is 5.58. The second-order valence-electron chi connectivity index (χ2n) is 3.21. The lowest BCUT2D eigenvalue weighted by atomic mass is 10.0. The molecule has 0 heterocycles. The fourth-order valence-corrected chi connectivity index (χ4v) is 1.48. The van der Waals surface area contributed by atoms with Crippen LogP contribution in [-0.4, -0.2) is 0 Å². The van der Waals surface area contributed by atoms with Crippen LogP contribution in [0.15, 0.2) is 36.4 Å². The van der Waals surface area contributed by atoms with Crippen LogP contribution in [0.2, 0.25) is 0 Å². The number of hydrogen-bond acceptors (Lipinski definition) is 0. The lowest BCUT2D eigenvalue weighted by Gasteiger charge is -2.03. The molecule has 1 aromatic rings. The summed E-state index contributed by atoms with van der Waals surface area (Å²) in [6, 6.07) is 8.67. The molecule has 0 aliphatic carbocycles. The first-order valence-electron chi connectivity index (χ1n) is 5.10. The van der Waals surface area contributed by atoms with Crippen LogP contribution in [-0.2, 0) is 12.8 Å². The van der Waals surface area contributed by atoms with Gasteiger partial charge in [-0.1, -0.05) is 50.3 Å². The molecule has 0 aromatic heterocycles. The topological polar surface area (TPSA) is 0 Å². The second-order valence-corrected chi connectivity index (χ2v) is 3.21. The van der Waals surface area contributed by atoms with E-state index >= 15 is 0 Å². The van der Waals surface area contributed by atoms with Crippen LogP contribution >= 0.6 is 0 Å². The Morgan fingerprint density at radius 3 is 2.31 bits per heavy atom. The van der Waals surface area contributed by atoms with Crippen LogP contribution in [0, 0.1) is 0 Å². The summed E-state index contributed by atoms with van der Waals surface area (Å²) in [5.74, 6) is 0. The normalized spacial score (nSPS) is 10.9. The fraction of sp³-hybridized carbons (Fsp3) is 0.385. The lowest BCUT2D eigenvalue weighted by molar-refractivity contribution is 1.07. The highest BCUT2D eigenvalue weighted by Crippen LogP contribution is 2.10. The molecule has 0 bridgehead atoms. The van der Waals surface area contributed by atoms with Gasteiger partial charge in [0.2, 0.25) is 0 Å². The van der Waals surface area contributed by atoms with Crippen molar-refractivity contribution in [3.05, 3.63) is 47.5 Å². The van der Waals surface area contributed by atoms with Crippen LogP contribution in [0.3, 0.4) is 0 Å². The van der Waals surface area contributed by atoms with E-state index < -0.39 is 0 Å². The van der Waals surface area contributed by atoms with Crippen molar-refractivity contribution >= 4 is 0 Å². The Kier molecular flexibility index (Phi) is 4.31. The minimum atomic E-state index is 1.08. The van der Waals surface area contributed by atoms with Crippen molar-refractivity contribution in [3.8, 4) is 0 Å². The van der Waals surface area contributed by atoms with Crippen molar-refractivity contribution in [2.75, 3.05) is 0 Å². The van der Waals surface area contributed by atoms with Crippen LogP contribution in [0.5, 0.6) is 0 Å². The highest BCUT2D eigenvalue weighted by Gasteiger charge is 1.95. The van der Waals surface area contributed by atoms with Gasteiger partial charge in [-0.25, -0.2) is 0 Å². The number of benzene rings is 1. The van der Waals surface area contributed by atoms with Crippen molar-refractivity contribution in [3.63, 3.8) is 0 Å². The molecule has 1 aromatic carbocycles. The maximum absolute atomic E-state index is 2.26. The van der Waals surface area contributed by atoms with E-state index in [0.717, 1.165) is 19.3 Å². The molecule has 0 saturated heterocycles. The number of rotatable bonds is 4. The van der Waals surface area contributed by atoms with Gasteiger partial charge in [0.05, 0.1) is 0 Å². The first-order valence-corrected chi connectivity index (χ1v) is 5.10. The van der Waals surface area contributed by atoms with Gasteiger partial charge in [0.1, 0.15) is 0 Å². The molecule has 1 rings (SSSR count). The van der Waals surface area contributed by atoms with Gasteiger partial charge >= 0.3 is 0 Å². The molecular formula is C13H18. The molecule has 0 unspecified atom stereocenters. The van der Waals surface area contributed by atoms with Crippen molar-refractivity contribution < 1.29 is 0 Å². The molecule has 70 valence electrons. The summed E-state index contributed by atoms with van der Waals surface area (Å²) in [5, 5.41) is 0. The molecular weight excluding hydrogens is 156 g/mol. The minimum absolute atomic E-state index is 1.08. The lowest BCUT2D eigenvalue weighted by Crippen LogP contribution is -1.89. The van der Waals surface area contributed by atoms with Gasteiger partial charge < -0.3 is 0 Å². The molecule has 0 amide bonds. The first-order chi connectivity index (χ1) is 6.38. The average Bonchev–Trinajstić information content (AvgIpc) is 2.19. The maximum Gasteiger partial charge on any atom is -0.00947 e. The van der Waals surface area contributed by atoms with E-state index in [1.807, 2.05) is 0 Å².